The van der Waals surface area contributed by atoms with Gasteiger partial charge in [0.25, 0.3) is 5.91 Å². The van der Waals surface area contributed by atoms with E-state index in [-0.39, 0.29) is 11.8 Å². The molecule has 1 saturated heterocycles. The zero-order chi connectivity index (χ0) is 17.6. The number of piperazine rings is 1. The molecular weight excluding hydrogens is 316 g/mol. The number of rotatable bonds is 5. The van der Waals surface area contributed by atoms with Crippen LogP contribution in [-0.4, -0.2) is 43.0 Å². The van der Waals surface area contributed by atoms with Crippen LogP contribution in [0.2, 0.25) is 0 Å². The highest BCUT2D eigenvalue weighted by Gasteiger charge is 2.17. The van der Waals surface area contributed by atoms with E-state index in [0.717, 1.165) is 18.7 Å². The molecule has 6 heteroatoms. The van der Waals surface area contributed by atoms with Crippen LogP contribution in [0, 0.1) is 6.92 Å². The van der Waals surface area contributed by atoms with E-state index in [1.54, 1.807) is 12.3 Å². The maximum atomic E-state index is 12.3. The van der Waals surface area contributed by atoms with Gasteiger partial charge in [-0.25, -0.2) is 0 Å². The molecule has 0 aliphatic carbocycles. The first-order valence-corrected chi connectivity index (χ1v) is 8.43. The van der Waals surface area contributed by atoms with Crippen LogP contribution in [0.1, 0.15) is 21.6 Å². The summed E-state index contributed by atoms with van der Waals surface area (Å²) in [6, 6.07) is 11.8. The molecule has 0 bridgehead atoms. The number of benzene rings is 1. The molecule has 2 amide bonds. The maximum absolute atomic E-state index is 12.3. The second kappa shape index (κ2) is 7.79. The van der Waals surface area contributed by atoms with E-state index in [9.17, 15) is 9.59 Å². The smallest absolute Gasteiger partial charge is 0.269 e. The highest BCUT2D eigenvalue weighted by Crippen LogP contribution is 2.15. The van der Waals surface area contributed by atoms with E-state index in [0.29, 0.717) is 25.3 Å². The molecule has 3 rings (SSSR count). The Morgan fingerprint density at radius 1 is 1.28 bits per heavy atom. The SMILES string of the molecule is Cc1ccc(CCNC(=O)c2cc(N3CCNC(=O)C3)ccn2)cc1. The van der Waals surface area contributed by atoms with E-state index in [1.165, 1.54) is 11.1 Å². The number of nitrogens with one attached hydrogen (secondary N) is 2. The fourth-order valence-electron chi connectivity index (χ4n) is 2.76. The second-order valence-corrected chi connectivity index (χ2v) is 6.16. The van der Waals surface area contributed by atoms with Crippen molar-refractivity contribution in [1.29, 1.82) is 0 Å². The molecule has 0 spiro atoms. The van der Waals surface area contributed by atoms with Gasteiger partial charge in [-0.3, -0.25) is 14.6 Å². The molecule has 1 aromatic carbocycles. The quantitative estimate of drug-likeness (QED) is 0.862. The van der Waals surface area contributed by atoms with Gasteiger partial charge in [-0.15, -0.1) is 0 Å². The molecule has 0 radical (unpaired) electrons. The minimum absolute atomic E-state index is 0.00726. The average Bonchev–Trinajstić information content (AvgIpc) is 2.63. The minimum Gasteiger partial charge on any atom is -0.360 e. The van der Waals surface area contributed by atoms with E-state index >= 15 is 0 Å². The summed E-state index contributed by atoms with van der Waals surface area (Å²) in [4.78, 5) is 29.9. The number of carbonyl (C=O) groups excluding carboxylic acids is 2. The lowest BCUT2D eigenvalue weighted by Crippen LogP contribution is -2.47. The van der Waals surface area contributed by atoms with Gasteiger partial charge in [0.05, 0.1) is 6.54 Å². The van der Waals surface area contributed by atoms with Crippen LogP contribution in [0.3, 0.4) is 0 Å². The third kappa shape index (κ3) is 4.56. The molecular formula is C19H22N4O2. The normalized spacial score (nSPS) is 14.1. The molecule has 0 atom stereocenters. The Bertz CT molecular complexity index is 758. The summed E-state index contributed by atoms with van der Waals surface area (Å²) in [5, 5.41) is 5.69. The van der Waals surface area contributed by atoms with Crippen molar-refractivity contribution < 1.29 is 9.59 Å². The third-order valence-electron chi connectivity index (χ3n) is 4.20. The Hall–Kier alpha value is -2.89. The van der Waals surface area contributed by atoms with Crippen molar-refractivity contribution in [3.63, 3.8) is 0 Å². The monoisotopic (exact) mass is 338 g/mol. The number of aryl methyl sites for hydroxylation is 1. The van der Waals surface area contributed by atoms with Crippen LogP contribution in [0.5, 0.6) is 0 Å². The predicted molar refractivity (Wildman–Crippen MR) is 96.7 cm³/mol. The largest absolute Gasteiger partial charge is 0.360 e. The van der Waals surface area contributed by atoms with E-state index in [4.69, 9.17) is 0 Å². The highest BCUT2D eigenvalue weighted by molar-refractivity contribution is 5.93. The first-order valence-electron chi connectivity index (χ1n) is 8.43. The molecule has 6 nitrogen and oxygen atoms in total. The van der Waals surface area contributed by atoms with E-state index < -0.39 is 0 Å². The number of hydrogen-bond donors (Lipinski definition) is 2. The number of amides is 2. The van der Waals surface area contributed by atoms with Gasteiger partial charge in [-0.1, -0.05) is 29.8 Å². The molecule has 2 aromatic rings. The van der Waals surface area contributed by atoms with E-state index in [1.807, 2.05) is 11.0 Å². The summed E-state index contributed by atoms with van der Waals surface area (Å²) in [6.45, 7) is 4.25. The number of nitrogens with zero attached hydrogens (tertiary/aromatic N) is 2. The van der Waals surface area contributed by atoms with Gasteiger partial charge in [0.2, 0.25) is 5.91 Å². The van der Waals surface area contributed by atoms with Gasteiger partial charge < -0.3 is 15.5 Å². The Morgan fingerprint density at radius 2 is 2.08 bits per heavy atom. The number of carbonyl (C=O) groups is 2. The van der Waals surface area contributed by atoms with Crippen molar-refractivity contribution in [2.75, 3.05) is 31.1 Å². The molecule has 130 valence electrons. The van der Waals surface area contributed by atoms with Crippen LogP contribution in [-0.2, 0) is 11.2 Å². The van der Waals surface area contributed by atoms with Gasteiger partial charge >= 0.3 is 0 Å². The molecule has 0 saturated carbocycles. The summed E-state index contributed by atoms with van der Waals surface area (Å²) in [6.07, 6.45) is 2.38. The van der Waals surface area contributed by atoms with Gasteiger partial charge in [0.1, 0.15) is 5.69 Å². The lowest BCUT2D eigenvalue weighted by atomic mass is 10.1. The number of hydrogen-bond acceptors (Lipinski definition) is 4. The van der Waals surface area contributed by atoms with Crippen LogP contribution < -0.4 is 15.5 Å². The summed E-state index contributed by atoms with van der Waals surface area (Å²) < 4.78 is 0. The Balaban J connectivity index is 1.57. The molecule has 1 aliphatic rings. The maximum Gasteiger partial charge on any atom is 0.269 e. The minimum atomic E-state index is -0.199. The fraction of sp³-hybridized carbons (Fsp3) is 0.316. The molecule has 1 fully saturated rings. The Morgan fingerprint density at radius 3 is 2.84 bits per heavy atom. The lowest BCUT2D eigenvalue weighted by molar-refractivity contribution is -0.120. The van der Waals surface area contributed by atoms with Crippen molar-refractivity contribution in [3.8, 4) is 0 Å². The van der Waals surface area contributed by atoms with Crippen LogP contribution in [0.25, 0.3) is 0 Å². The predicted octanol–water partition coefficient (Wildman–Crippen LogP) is 1.30. The van der Waals surface area contributed by atoms with Crippen molar-refractivity contribution >= 4 is 17.5 Å². The zero-order valence-electron chi connectivity index (χ0n) is 14.3. The lowest BCUT2D eigenvalue weighted by Gasteiger charge is -2.28. The number of pyridine rings is 1. The van der Waals surface area contributed by atoms with Crippen molar-refractivity contribution in [2.45, 2.75) is 13.3 Å². The molecule has 1 aliphatic heterocycles. The van der Waals surface area contributed by atoms with Crippen molar-refractivity contribution in [2.24, 2.45) is 0 Å². The first-order chi connectivity index (χ1) is 12.1. The third-order valence-corrected chi connectivity index (χ3v) is 4.20. The highest BCUT2D eigenvalue weighted by atomic mass is 16.2. The summed E-state index contributed by atoms with van der Waals surface area (Å²) in [7, 11) is 0. The molecule has 25 heavy (non-hydrogen) atoms. The summed E-state index contributed by atoms with van der Waals surface area (Å²) in [5.74, 6) is -0.206. The topological polar surface area (TPSA) is 74.3 Å². The second-order valence-electron chi connectivity index (χ2n) is 6.16. The van der Waals surface area contributed by atoms with Gasteiger partial charge in [0.15, 0.2) is 0 Å². The van der Waals surface area contributed by atoms with E-state index in [2.05, 4.69) is 46.8 Å². The fourth-order valence-corrected chi connectivity index (χ4v) is 2.76. The van der Waals surface area contributed by atoms with Crippen LogP contribution in [0.4, 0.5) is 5.69 Å². The van der Waals surface area contributed by atoms with Gasteiger partial charge in [-0.2, -0.15) is 0 Å². The van der Waals surface area contributed by atoms with Crippen molar-refractivity contribution in [3.05, 3.63) is 59.4 Å². The number of anilines is 1. The first kappa shape index (κ1) is 17.0. The number of aromatic nitrogens is 1. The molecule has 2 N–H and O–H groups in total. The van der Waals surface area contributed by atoms with Crippen molar-refractivity contribution in [1.82, 2.24) is 15.6 Å². The molecule has 0 unspecified atom stereocenters. The Kier molecular flexibility index (Phi) is 5.28. The van der Waals surface area contributed by atoms with Gasteiger partial charge in [0, 0.05) is 31.5 Å². The standard InChI is InChI=1S/C19H22N4O2/c1-14-2-4-15(5-3-14)6-8-22-19(25)17-12-16(7-9-20-17)23-11-10-21-18(24)13-23/h2-5,7,9,12H,6,8,10-11,13H2,1H3,(H,21,24)(H,22,25). The zero-order valence-corrected chi connectivity index (χ0v) is 14.3. The van der Waals surface area contributed by atoms with Crippen LogP contribution in [0.15, 0.2) is 42.6 Å². The van der Waals surface area contributed by atoms with Gasteiger partial charge in [-0.05, 0) is 31.0 Å². The summed E-state index contributed by atoms with van der Waals surface area (Å²) in [5.41, 5.74) is 3.62. The molecule has 2 heterocycles. The average molecular weight is 338 g/mol. The van der Waals surface area contributed by atoms with Crippen LogP contribution >= 0.6 is 0 Å². The Labute approximate surface area is 147 Å². The molecule has 1 aromatic heterocycles. The summed E-state index contributed by atoms with van der Waals surface area (Å²) >= 11 is 0.